The molecule has 1 aromatic rings. The molecule has 28 heavy (non-hydrogen) atoms. The van der Waals surface area contributed by atoms with Crippen LogP contribution in [-0.4, -0.2) is 59.7 Å². The molecule has 2 atom stereocenters. The number of carbonyl (C=O) groups excluding carboxylic acids is 2. The molecule has 0 spiro atoms. The molecular weight excluding hydrogens is 356 g/mol. The van der Waals surface area contributed by atoms with Crippen LogP contribution >= 0.6 is 0 Å². The summed E-state index contributed by atoms with van der Waals surface area (Å²) >= 11 is 0. The molecule has 0 aromatic heterocycles. The lowest BCUT2D eigenvalue weighted by Gasteiger charge is -2.44. The van der Waals surface area contributed by atoms with Crippen LogP contribution in [0.25, 0.3) is 6.08 Å². The molecule has 1 saturated heterocycles. The minimum atomic E-state index is -0.481. The van der Waals surface area contributed by atoms with Crippen molar-refractivity contribution in [3.05, 3.63) is 41.5 Å². The number of hydrogen-bond donors (Lipinski definition) is 0. The first-order valence-electron chi connectivity index (χ1n) is 9.67. The molecule has 0 N–H and O–H groups in total. The van der Waals surface area contributed by atoms with Gasteiger partial charge in [-0.1, -0.05) is 24.3 Å². The van der Waals surface area contributed by atoms with E-state index in [-0.39, 0.29) is 24.1 Å². The summed E-state index contributed by atoms with van der Waals surface area (Å²) in [5.74, 6) is -0.366. The molecule has 154 valence electrons. The number of nitrogens with zero attached hydrogens (tertiary/aromatic N) is 2. The monoisotopic (exact) mass is 388 g/mol. The summed E-state index contributed by atoms with van der Waals surface area (Å²) in [5, 5.41) is 0. The first-order valence-corrected chi connectivity index (χ1v) is 9.67. The summed E-state index contributed by atoms with van der Waals surface area (Å²) in [7, 11) is 1.36. The molecule has 1 aliphatic heterocycles. The molecule has 0 saturated carbocycles. The second kappa shape index (κ2) is 9.24. The van der Waals surface area contributed by atoms with Crippen LogP contribution in [0.5, 0.6) is 0 Å². The molecule has 2 rings (SSSR count). The quantitative estimate of drug-likeness (QED) is 0.581. The third-order valence-electron chi connectivity index (χ3n) is 4.71. The predicted molar refractivity (Wildman–Crippen MR) is 110 cm³/mol. The molecule has 0 radical (unpaired) electrons. The lowest BCUT2D eigenvalue weighted by molar-refractivity contribution is -0.134. The standard InChI is InChI=1S/C22H32N2O4/c1-16-13-23(21(26)28-22(3,4)5)14-17(2)24(16)15-19-9-7-18(8-10-19)11-12-20(25)27-6/h7-12,16-17H,13-15H2,1-6H3/b12-11+. The predicted octanol–water partition coefficient (Wildman–Crippen LogP) is 3.70. The summed E-state index contributed by atoms with van der Waals surface area (Å²) in [6.07, 6.45) is 2.91. The van der Waals surface area contributed by atoms with E-state index in [1.54, 1.807) is 11.0 Å². The molecule has 1 heterocycles. The first-order chi connectivity index (χ1) is 13.1. The van der Waals surface area contributed by atoms with Gasteiger partial charge in [-0.05, 0) is 51.8 Å². The van der Waals surface area contributed by atoms with Gasteiger partial charge in [0.25, 0.3) is 0 Å². The van der Waals surface area contributed by atoms with E-state index in [0.717, 1.165) is 12.1 Å². The summed E-state index contributed by atoms with van der Waals surface area (Å²) in [6.45, 7) is 12.1. The van der Waals surface area contributed by atoms with Crippen LogP contribution in [0.3, 0.4) is 0 Å². The van der Waals surface area contributed by atoms with E-state index in [9.17, 15) is 9.59 Å². The highest BCUT2D eigenvalue weighted by Gasteiger charge is 2.33. The van der Waals surface area contributed by atoms with Gasteiger partial charge in [-0.25, -0.2) is 9.59 Å². The van der Waals surface area contributed by atoms with Crippen molar-refractivity contribution < 1.29 is 19.1 Å². The van der Waals surface area contributed by atoms with Crippen molar-refractivity contribution in [3.8, 4) is 0 Å². The minimum Gasteiger partial charge on any atom is -0.466 e. The van der Waals surface area contributed by atoms with Crippen LogP contribution in [0.15, 0.2) is 30.3 Å². The second-order valence-corrected chi connectivity index (χ2v) is 8.35. The maximum absolute atomic E-state index is 12.4. The Kier molecular flexibility index (Phi) is 7.24. The van der Waals surface area contributed by atoms with Gasteiger partial charge in [0, 0.05) is 37.8 Å². The molecule has 1 amide bonds. The second-order valence-electron chi connectivity index (χ2n) is 8.35. The lowest BCUT2D eigenvalue weighted by Crippen LogP contribution is -2.58. The molecular formula is C22H32N2O4. The van der Waals surface area contributed by atoms with Crippen molar-refractivity contribution in [1.82, 2.24) is 9.80 Å². The molecule has 0 bridgehead atoms. The number of methoxy groups -OCH3 is 1. The van der Waals surface area contributed by atoms with E-state index in [1.807, 2.05) is 32.9 Å². The van der Waals surface area contributed by atoms with Gasteiger partial charge >= 0.3 is 12.1 Å². The molecule has 6 heteroatoms. The van der Waals surface area contributed by atoms with Gasteiger partial charge in [0.05, 0.1) is 7.11 Å². The normalized spacial score (nSPS) is 21.0. The van der Waals surface area contributed by atoms with Crippen LogP contribution in [0.2, 0.25) is 0 Å². The third-order valence-corrected chi connectivity index (χ3v) is 4.71. The zero-order chi connectivity index (χ0) is 20.9. The molecule has 1 fully saturated rings. The van der Waals surface area contributed by atoms with Gasteiger partial charge in [-0.15, -0.1) is 0 Å². The highest BCUT2D eigenvalue weighted by Crippen LogP contribution is 2.21. The average molecular weight is 389 g/mol. The molecule has 1 aliphatic rings. The van der Waals surface area contributed by atoms with Crippen molar-refractivity contribution >= 4 is 18.1 Å². The molecule has 6 nitrogen and oxygen atoms in total. The Hall–Kier alpha value is -2.34. The zero-order valence-corrected chi connectivity index (χ0v) is 17.8. The lowest BCUT2D eigenvalue weighted by atomic mass is 10.1. The van der Waals surface area contributed by atoms with Crippen molar-refractivity contribution in [2.24, 2.45) is 0 Å². The van der Waals surface area contributed by atoms with Crippen molar-refractivity contribution in [3.63, 3.8) is 0 Å². The average Bonchev–Trinajstić information content (AvgIpc) is 2.62. The van der Waals surface area contributed by atoms with Crippen molar-refractivity contribution in [2.45, 2.75) is 58.8 Å². The Balaban J connectivity index is 1.97. The summed E-state index contributed by atoms with van der Waals surface area (Å²) in [4.78, 5) is 27.8. The SMILES string of the molecule is COC(=O)/C=C/c1ccc(CN2C(C)CN(C(=O)OC(C)(C)C)CC2C)cc1. The fraction of sp³-hybridized carbons (Fsp3) is 0.545. The summed E-state index contributed by atoms with van der Waals surface area (Å²) in [5.41, 5.74) is 1.66. The van der Waals surface area contributed by atoms with Crippen LogP contribution < -0.4 is 0 Å². The van der Waals surface area contributed by atoms with Crippen molar-refractivity contribution in [2.75, 3.05) is 20.2 Å². The number of ether oxygens (including phenoxy) is 2. The number of piperazine rings is 1. The van der Waals surface area contributed by atoms with E-state index < -0.39 is 5.60 Å². The maximum Gasteiger partial charge on any atom is 0.410 e. The maximum atomic E-state index is 12.4. The highest BCUT2D eigenvalue weighted by atomic mass is 16.6. The topological polar surface area (TPSA) is 59.1 Å². The van der Waals surface area contributed by atoms with Gasteiger partial charge in [-0.2, -0.15) is 0 Å². The number of esters is 1. The number of benzene rings is 1. The van der Waals surface area contributed by atoms with Gasteiger partial charge in [0.15, 0.2) is 0 Å². The van der Waals surface area contributed by atoms with Crippen LogP contribution in [0, 0.1) is 0 Å². The van der Waals surface area contributed by atoms with Gasteiger partial charge < -0.3 is 14.4 Å². The largest absolute Gasteiger partial charge is 0.466 e. The summed E-state index contributed by atoms with van der Waals surface area (Å²) < 4.78 is 10.1. The van der Waals surface area contributed by atoms with Gasteiger partial charge in [0.1, 0.15) is 5.60 Å². The minimum absolute atomic E-state index is 0.232. The van der Waals surface area contributed by atoms with Gasteiger partial charge in [0.2, 0.25) is 0 Å². The highest BCUT2D eigenvalue weighted by molar-refractivity contribution is 5.86. The molecule has 0 aliphatic carbocycles. The Morgan fingerprint density at radius 1 is 1.11 bits per heavy atom. The smallest absolute Gasteiger partial charge is 0.410 e. The number of rotatable bonds is 4. The van der Waals surface area contributed by atoms with E-state index in [2.05, 4.69) is 35.6 Å². The molecule has 1 aromatic carbocycles. The van der Waals surface area contributed by atoms with Gasteiger partial charge in [-0.3, -0.25) is 4.90 Å². The van der Waals surface area contributed by atoms with Crippen LogP contribution in [0.4, 0.5) is 4.79 Å². The Morgan fingerprint density at radius 2 is 1.68 bits per heavy atom. The zero-order valence-electron chi connectivity index (χ0n) is 17.8. The molecule has 2 unspecified atom stereocenters. The van der Waals surface area contributed by atoms with E-state index in [0.29, 0.717) is 13.1 Å². The fourth-order valence-corrected chi connectivity index (χ4v) is 3.32. The number of hydrogen-bond acceptors (Lipinski definition) is 5. The Bertz CT molecular complexity index is 694. The van der Waals surface area contributed by atoms with E-state index in [4.69, 9.17) is 4.74 Å². The Labute approximate surface area is 168 Å². The number of carbonyl (C=O) groups is 2. The van der Waals surface area contributed by atoms with E-state index >= 15 is 0 Å². The van der Waals surface area contributed by atoms with Crippen LogP contribution in [-0.2, 0) is 20.8 Å². The van der Waals surface area contributed by atoms with E-state index in [1.165, 1.54) is 18.7 Å². The summed E-state index contributed by atoms with van der Waals surface area (Å²) in [6, 6.07) is 8.57. The number of amides is 1. The third kappa shape index (κ3) is 6.37. The van der Waals surface area contributed by atoms with Crippen LogP contribution in [0.1, 0.15) is 45.7 Å². The Morgan fingerprint density at radius 3 is 2.18 bits per heavy atom. The first kappa shape index (κ1) is 22.0. The van der Waals surface area contributed by atoms with Crippen molar-refractivity contribution in [1.29, 1.82) is 0 Å². The fourth-order valence-electron chi connectivity index (χ4n) is 3.32.